The van der Waals surface area contributed by atoms with Gasteiger partial charge in [-0.1, -0.05) is 25.3 Å². The van der Waals surface area contributed by atoms with Crippen molar-refractivity contribution in [3.63, 3.8) is 0 Å². The van der Waals surface area contributed by atoms with Crippen LogP contribution in [-0.4, -0.2) is 44.5 Å². The molecule has 15 heteroatoms. The Morgan fingerprint density at radius 1 is 0.824 bits per heavy atom. The van der Waals surface area contributed by atoms with Crippen molar-refractivity contribution < 1.29 is 59.2 Å². The summed E-state index contributed by atoms with van der Waals surface area (Å²) in [4.78, 5) is 47.3. The molecule has 34 heavy (non-hydrogen) atoms. The molecule has 0 aliphatic rings. The van der Waals surface area contributed by atoms with E-state index in [1.54, 1.807) is 0 Å². The van der Waals surface area contributed by atoms with Crippen molar-refractivity contribution in [2.24, 2.45) is 0 Å². The zero-order chi connectivity index (χ0) is 26.1. The third-order valence-corrected chi connectivity index (χ3v) is 6.56. The van der Waals surface area contributed by atoms with Gasteiger partial charge < -0.3 is 18.0 Å². The molecule has 0 radical (unpaired) electrons. The second-order valence-electron chi connectivity index (χ2n) is 6.52. The molecular formula is C19H22F5NO8Si. The van der Waals surface area contributed by atoms with E-state index in [1.165, 1.54) is 20.8 Å². The average Bonchev–Trinajstić information content (AvgIpc) is 2.80. The normalized spacial score (nSPS) is 10.9. The summed E-state index contributed by atoms with van der Waals surface area (Å²) in [6, 6.07) is -0.478. The predicted molar refractivity (Wildman–Crippen MR) is 104 cm³/mol. The smallest absolute Gasteiger partial charge is 0.455 e. The standard InChI is InChI=1S/C19H22F5NO8Si/c1-4-13(26)31-34(32-14(27)5-2,33-15(28)6-3)9-7-8-25(24)19(29)30-12-10-11(20)16(21)18(23)17(12)22/h10H,4-9H2,1-3H3. The summed E-state index contributed by atoms with van der Waals surface area (Å²) in [5.41, 5.74) is 0. The highest BCUT2D eigenvalue weighted by Crippen LogP contribution is 2.26. The minimum atomic E-state index is -4.35. The molecular weight excluding hydrogens is 493 g/mol. The van der Waals surface area contributed by atoms with E-state index >= 15 is 0 Å². The summed E-state index contributed by atoms with van der Waals surface area (Å²) in [5, 5.41) is -0.636. The van der Waals surface area contributed by atoms with E-state index in [0.717, 1.165) is 0 Å². The molecule has 0 aromatic heterocycles. The lowest BCUT2D eigenvalue weighted by molar-refractivity contribution is -0.150. The molecule has 0 spiro atoms. The largest absolute Gasteiger partial charge is 0.705 e. The van der Waals surface area contributed by atoms with Gasteiger partial charge in [0.15, 0.2) is 17.4 Å². The number of nitrogens with zero attached hydrogens (tertiary/aromatic N) is 1. The Morgan fingerprint density at radius 3 is 1.74 bits per heavy atom. The molecule has 0 bridgehead atoms. The molecule has 0 atom stereocenters. The average molecular weight is 515 g/mol. The molecule has 1 aromatic rings. The summed E-state index contributed by atoms with van der Waals surface area (Å²) in [6.45, 7) is 3.41. The maximum atomic E-state index is 14.1. The van der Waals surface area contributed by atoms with E-state index in [2.05, 4.69) is 4.74 Å². The number of amides is 1. The van der Waals surface area contributed by atoms with E-state index < -0.39 is 86.0 Å². The summed E-state index contributed by atoms with van der Waals surface area (Å²) in [7, 11) is -4.35. The topological polar surface area (TPSA) is 108 Å². The third-order valence-electron chi connectivity index (χ3n) is 3.98. The van der Waals surface area contributed by atoms with Crippen LogP contribution in [0.4, 0.5) is 26.8 Å². The molecule has 190 valence electrons. The maximum absolute atomic E-state index is 14.1. The van der Waals surface area contributed by atoms with E-state index in [4.69, 9.17) is 13.3 Å². The van der Waals surface area contributed by atoms with Gasteiger partial charge in [-0.05, 0) is 6.42 Å². The van der Waals surface area contributed by atoms with Crippen molar-refractivity contribution in [2.45, 2.75) is 52.5 Å². The van der Waals surface area contributed by atoms with Crippen LogP contribution in [0.15, 0.2) is 6.07 Å². The molecule has 0 aliphatic heterocycles. The van der Waals surface area contributed by atoms with Gasteiger partial charge in [-0.3, -0.25) is 14.4 Å². The first-order chi connectivity index (χ1) is 15.9. The van der Waals surface area contributed by atoms with E-state index in [-0.39, 0.29) is 25.3 Å². The highest BCUT2D eigenvalue weighted by atomic mass is 28.4. The fourth-order valence-corrected chi connectivity index (χ4v) is 4.74. The Bertz CT molecular complexity index is 887. The molecule has 0 saturated carbocycles. The van der Waals surface area contributed by atoms with Crippen LogP contribution in [0.25, 0.3) is 0 Å². The summed E-state index contributed by atoms with van der Waals surface area (Å²) < 4.78 is 86.7. The Labute approximate surface area is 192 Å². The molecule has 0 fully saturated rings. The van der Waals surface area contributed by atoms with Crippen LogP contribution in [0, 0.1) is 23.3 Å². The summed E-state index contributed by atoms with van der Waals surface area (Å²) in [6.07, 6.45) is -2.84. The van der Waals surface area contributed by atoms with Crippen LogP contribution >= 0.6 is 0 Å². The van der Waals surface area contributed by atoms with Gasteiger partial charge in [-0.25, -0.2) is 18.0 Å². The van der Waals surface area contributed by atoms with Crippen LogP contribution in [0.3, 0.4) is 0 Å². The lowest BCUT2D eigenvalue weighted by Gasteiger charge is -2.27. The van der Waals surface area contributed by atoms with Crippen molar-refractivity contribution in [1.82, 2.24) is 5.12 Å². The zero-order valence-electron chi connectivity index (χ0n) is 18.4. The quantitative estimate of drug-likeness (QED) is 0.142. The number of benzene rings is 1. The number of hydrogen-bond donors (Lipinski definition) is 0. The maximum Gasteiger partial charge on any atom is 0.705 e. The molecule has 1 amide bonds. The van der Waals surface area contributed by atoms with Crippen molar-refractivity contribution in [3.05, 3.63) is 29.3 Å². The van der Waals surface area contributed by atoms with Crippen LogP contribution in [0.2, 0.25) is 6.04 Å². The Hall–Kier alpha value is -3.23. The van der Waals surface area contributed by atoms with Crippen LogP contribution in [-0.2, 0) is 27.7 Å². The van der Waals surface area contributed by atoms with Gasteiger partial charge in [0, 0.05) is 25.3 Å². The number of hydrogen-bond acceptors (Lipinski definition) is 8. The highest BCUT2D eigenvalue weighted by molar-refractivity contribution is 6.65. The van der Waals surface area contributed by atoms with Gasteiger partial charge in [-0.15, -0.1) is 5.12 Å². The summed E-state index contributed by atoms with van der Waals surface area (Å²) in [5.74, 6) is -12.4. The lowest BCUT2D eigenvalue weighted by atomic mass is 10.3. The van der Waals surface area contributed by atoms with Crippen LogP contribution < -0.4 is 4.74 Å². The molecule has 1 rings (SSSR count). The van der Waals surface area contributed by atoms with Gasteiger partial charge >= 0.3 is 14.9 Å². The second-order valence-corrected chi connectivity index (χ2v) is 9.00. The number of carbonyl (C=O) groups excluding carboxylic acids is 4. The van der Waals surface area contributed by atoms with Gasteiger partial charge in [-0.2, -0.15) is 4.39 Å². The molecule has 1 aromatic carbocycles. The molecule has 0 heterocycles. The number of halogens is 5. The summed E-state index contributed by atoms with van der Waals surface area (Å²) >= 11 is 0. The van der Waals surface area contributed by atoms with Gasteiger partial charge in [0.25, 0.3) is 17.9 Å². The van der Waals surface area contributed by atoms with Gasteiger partial charge in [0.2, 0.25) is 11.6 Å². The van der Waals surface area contributed by atoms with Crippen LogP contribution in [0.5, 0.6) is 5.75 Å². The SMILES string of the molecule is CCC(=O)O[Si](CCCN(F)C(=O)Oc1cc(F)c(F)c(F)c1F)(OC(=O)CC)OC(=O)CC. The van der Waals surface area contributed by atoms with Crippen LogP contribution in [0.1, 0.15) is 46.5 Å². The molecule has 0 N–H and O–H groups in total. The first-order valence-corrected chi connectivity index (χ1v) is 12.0. The van der Waals surface area contributed by atoms with Gasteiger partial charge in [0.05, 0.1) is 12.6 Å². The predicted octanol–water partition coefficient (Wildman–Crippen LogP) is 4.12. The third kappa shape index (κ3) is 7.97. The van der Waals surface area contributed by atoms with Gasteiger partial charge in [0.1, 0.15) is 0 Å². The fourth-order valence-electron chi connectivity index (χ4n) is 2.25. The van der Waals surface area contributed by atoms with E-state index in [0.29, 0.717) is 0 Å². The van der Waals surface area contributed by atoms with Crippen molar-refractivity contribution in [1.29, 1.82) is 0 Å². The Morgan fingerprint density at radius 2 is 1.29 bits per heavy atom. The highest BCUT2D eigenvalue weighted by Gasteiger charge is 2.52. The zero-order valence-corrected chi connectivity index (χ0v) is 19.4. The molecule has 0 aliphatic carbocycles. The minimum Gasteiger partial charge on any atom is -0.455 e. The van der Waals surface area contributed by atoms with Crippen molar-refractivity contribution >= 4 is 32.8 Å². The molecule has 9 nitrogen and oxygen atoms in total. The molecule has 0 saturated heterocycles. The fraction of sp³-hybridized carbons (Fsp3) is 0.474. The molecule has 0 unspecified atom stereocenters. The number of rotatable bonds is 11. The van der Waals surface area contributed by atoms with E-state index in [1.807, 2.05) is 0 Å². The van der Waals surface area contributed by atoms with Crippen molar-refractivity contribution in [3.8, 4) is 5.75 Å². The van der Waals surface area contributed by atoms with Crippen molar-refractivity contribution in [2.75, 3.05) is 6.54 Å². The Kier molecular flexibility index (Phi) is 10.9. The number of carbonyl (C=O) groups is 4. The van der Waals surface area contributed by atoms with E-state index in [9.17, 15) is 41.2 Å². The Balaban J connectivity index is 2.95. The monoisotopic (exact) mass is 515 g/mol. The second kappa shape index (κ2) is 12.9. The first-order valence-electron chi connectivity index (χ1n) is 10.0. The minimum absolute atomic E-state index is 0.00995. The first kappa shape index (κ1) is 28.8. The number of ether oxygens (including phenoxy) is 1. The lowest BCUT2D eigenvalue weighted by Crippen LogP contribution is -2.50.